The van der Waals surface area contributed by atoms with Crippen LogP contribution >= 0.6 is 0 Å². The standard InChI is InChI=1S/C13H15N3O/c1-17-13-4-2-3-12(16-13)15-11-7-5-10(9-14)6-8-11/h2-8H,9,14H2,1H3,(H,15,16). The summed E-state index contributed by atoms with van der Waals surface area (Å²) in [6.07, 6.45) is 0. The SMILES string of the molecule is COc1cccc(Nc2ccc(CN)cc2)n1. The summed E-state index contributed by atoms with van der Waals surface area (Å²) >= 11 is 0. The van der Waals surface area contributed by atoms with Gasteiger partial charge in [-0.3, -0.25) is 0 Å². The first-order chi connectivity index (χ1) is 8.31. The lowest BCUT2D eigenvalue weighted by Crippen LogP contribution is -1.98. The predicted molar refractivity (Wildman–Crippen MR) is 68.4 cm³/mol. The van der Waals surface area contributed by atoms with Crippen LogP contribution in [0.25, 0.3) is 0 Å². The Labute approximate surface area is 100 Å². The first-order valence-electron chi connectivity index (χ1n) is 5.39. The van der Waals surface area contributed by atoms with Crippen LogP contribution in [0.5, 0.6) is 5.88 Å². The molecule has 88 valence electrons. The molecule has 0 unspecified atom stereocenters. The van der Waals surface area contributed by atoms with E-state index >= 15 is 0 Å². The topological polar surface area (TPSA) is 60.2 Å². The number of nitrogens with one attached hydrogen (secondary N) is 1. The molecule has 4 nitrogen and oxygen atoms in total. The Morgan fingerprint density at radius 1 is 1.18 bits per heavy atom. The summed E-state index contributed by atoms with van der Waals surface area (Å²) in [4.78, 5) is 4.27. The zero-order chi connectivity index (χ0) is 12.1. The summed E-state index contributed by atoms with van der Waals surface area (Å²) in [5.41, 5.74) is 7.62. The number of pyridine rings is 1. The molecular weight excluding hydrogens is 214 g/mol. The highest BCUT2D eigenvalue weighted by atomic mass is 16.5. The number of hydrogen-bond acceptors (Lipinski definition) is 4. The number of benzene rings is 1. The number of methoxy groups -OCH3 is 1. The minimum atomic E-state index is 0.553. The summed E-state index contributed by atoms with van der Waals surface area (Å²) in [5, 5.41) is 3.20. The van der Waals surface area contributed by atoms with E-state index in [9.17, 15) is 0 Å². The molecule has 3 N–H and O–H groups in total. The molecule has 0 saturated heterocycles. The Morgan fingerprint density at radius 3 is 2.59 bits per heavy atom. The van der Waals surface area contributed by atoms with E-state index < -0.39 is 0 Å². The molecule has 0 saturated carbocycles. The van der Waals surface area contributed by atoms with Crippen molar-refractivity contribution < 1.29 is 4.74 Å². The molecule has 0 aliphatic rings. The number of ether oxygens (including phenoxy) is 1. The molecule has 0 radical (unpaired) electrons. The summed E-state index contributed by atoms with van der Waals surface area (Å²) in [5.74, 6) is 1.35. The first-order valence-corrected chi connectivity index (χ1v) is 5.39. The van der Waals surface area contributed by atoms with Gasteiger partial charge < -0.3 is 15.8 Å². The second-order valence-corrected chi connectivity index (χ2v) is 3.59. The second kappa shape index (κ2) is 5.32. The molecular formula is C13H15N3O. The van der Waals surface area contributed by atoms with Crippen molar-refractivity contribution in [1.82, 2.24) is 4.98 Å². The molecule has 0 bridgehead atoms. The number of hydrogen-bond donors (Lipinski definition) is 2. The van der Waals surface area contributed by atoms with Crippen LogP contribution in [0.4, 0.5) is 11.5 Å². The van der Waals surface area contributed by atoms with E-state index in [0.29, 0.717) is 12.4 Å². The Morgan fingerprint density at radius 2 is 1.94 bits per heavy atom. The van der Waals surface area contributed by atoms with Gasteiger partial charge in [0, 0.05) is 18.3 Å². The van der Waals surface area contributed by atoms with Crippen LogP contribution in [0, 0.1) is 0 Å². The number of nitrogens with two attached hydrogens (primary N) is 1. The average molecular weight is 229 g/mol. The number of nitrogens with zero attached hydrogens (tertiary/aromatic N) is 1. The third kappa shape index (κ3) is 2.95. The summed E-state index contributed by atoms with van der Waals surface area (Å²) < 4.78 is 5.06. The molecule has 0 spiro atoms. The van der Waals surface area contributed by atoms with Gasteiger partial charge in [0.1, 0.15) is 5.82 Å². The van der Waals surface area contributed by atoms with Gasteiger partial charge in [-0.1, -0.05) is 18.2 Å². The van der Waals surface area contributed by atoms with E-state index in [4.69, 9.17) is 10.5 Å². The molecule has 2 aromatic rings. The van der Waals surface area contributed by atoms with Gasteiger partial charge in [-0.05, 0) is 23.8 Å². The van der Waals surface area contributed by atoms with Crippen LogP contribution in [0.15, 0.2) is 42.5 Å². The van der Waals surface area contributed by atoms with Crippen molar-refractivity contribution in [2.45, 2.75) is 6.54 Å². The smallest absolute Gasteiger partial charge is 0.214 e. The maximum absolute atomic E-state index is 5.54. The summed E-state index contributed by atoms with van der Waals surface area (Å²) in [6, 6.07) is 13.5. The fraction of sp³-hybridized carbons (Fsp3) is 0.154. The molecule has 17 heavy (non-hydrogen) atoms. The number of aromatic nitrogens is 1. The Kier molecular flexibility index (Phi) is 3.57. The second-order valence-electron chi connectivity index (χ2n) is 3.59. The molecule has 0 amide bonds. The lowest BCUT2D eigenvalue weighted by atomic mass is 10.2. The van der Waals surface area contributed by atoms with Gasteiger partial charge in [0.15, 0.2) is 0 Å². The van der Waals surface area contributed by atoms with Crippen molar-refractivity contribution in [2.75, 3.05) is 12.4 Å². The highest BCUT2D eigenvalue weighted by molar-refractivity contribution is 5.56. The molecule has 0 aliphatic heterocycles. The molecule has 0 atom stereocenters. The molecule has 4 heteroatoms. The van der Waals surface area contributed by atoms with Gasteiger partial charge in [0.2, 0.25) is 5.88 Å². The molecule has 1 heterocycles. The van der Waals surface area contributed by atoms with E-state index in [2.05, 4.69) is 10.3 Å². The maximum atomic E-state index is 5.54. The largest absolute Gasteiger partial charge is 0.481 e. The Bertz CT molecular complexity index is 482. The van der Waals surface area contributed by atoms with Crippen molar-refractivity contribution >= 4 is 11.5 Å². The third-order valence-electron chi connectivity index (χ3n) is 2.39. The van der Waals surface area contributed by atoms with Gasteiger partial charge in [-0.15, -0.1) is 0 Å². The first kappa shape index (κ1) is 11.4. The summed E-state index contributed by atoms with van der Waals surface area (Å²) in [6.45, 7) is 0.553. The lowest BCUT2D eigenvalue weighted by molar-refractivity contribution is 0.398. The summed E-state index contributed by atoms with van der Waals surface area (Å²) in [7, 11) is 1.60. The van der Waals surface area contributed by atoms with E-state index in [-0.39, 0.29) is 0 Å². The average Bonchev–Trinajstić information content (AvgIpc) is 2.40. The zero-order valence-electron chi connectivity index (χ0n) is 9.68. The molecule has 2 rings (SSSR count). The van der Waals surface area contributed by atoms with Gasteiger partial charge >= 0.3 is 0 Å². The normalized spacial score (nSPS) is 10.0. The van der Waals surface area contributed by atoms with Gasteiger partial charge in [0.25, 0.3) is 0 Å². The van der Waals surface area contributed by atoms with E-state index in [1.165, 1.54) is 0 Å². The minimum absolute atomic E-state index is 0.553. The molecule has 1 aromatic carbocycles. The van der Waals surface area contributed by atoms with Crippen LogP contribution in [-0.2, 0) is 6.54 Å². The van der Waals surface area contributed by atoms with E-state index in [1.807, 2.05) is 42.5 Å². The van der Waals surface area contributed by atoms with Crippen LogP contribution in [0.2, 0.25) is 0 Å². The number of anilines is 2. The fourth-order valence-electron chi connectivity index (χ4n) is 1.47. The lowest BCUT2D eigenvalue weighted by Gasteiger charge is -2.07. The Hall–Kier alpha value is -2.07. The van der Waals surface area contributed by atoms with Crippen molar-refractivity contribution in [1.29, 1.82) is 0 Å². The van der Waals surface area contributed by atoms with Crippen molar-refractivity contribution in [2.24, 2.45) is 5.73 Å². The van der Waals surface area contributed by atoms with Crippen molar-refractivity contribution in [3.63, 3.8) is 0 Å². The highest BCUT2D eigenvalue weighted by Crippen LogP contribution is 2.17. The highest BCUT2D eigenvalue weighted by Gasteiger charge is 1.98. The molecule has 0 fully saturated rings. The molecule has 1 aromatic heterocycles. The number of rotatable bonds is 4. The Balaban J connectivity index is 2.13. The van der Waals surface area contributed by atoms with Gasteiger partial charge in [-0.2, -0.15) is 4.98 Å². The van der Waals surface area contributed by atoms with Crippen LogP contribution in [0.1, 0.15) is 5.56 Å². The van der Waals surface area contributed by atoms with Gasteiger partial charge in [-0.25, -0.2) is 0 Å². The van der Waals surface area contributed by atoms with Crippen LogP contribution < -0.4 is 15.8 Å². The minimum Gasteiger partial charge on any atom is -0.481 e. The zero-order valence-corrected chi connectivity index (χ0v) is 9.68. The fourth-order valence-corrected chi connectivity index (χ4v) is 1.47. The van der Waals surface area contributed by atoms with Gasteiger partial charge in [0.05, 0.1) is 7.11 Å². The van der Waals surface area contributed by atoms with Crippen LogP contribution in [0.3, 0.4) is 0 Å². The van der Waals surface area contributed by atoms with Crippen LogP contribution in [-0.4, -0.2) is 12.1 Å². The van der Waals surface area contributed by atoms with E-state index in [0.717, 1.165) is 17.1 Å². The van der Waals surface area contributed by atoms with Crippen molar-refractivity contribution in [3.05, 3.63) is 48.0 Å². The third-order valence-corrected chi connectivity index (χ3v) is 2.39. The predicted octanol–water partition coefficient (Wildman–Crippen LogP) is 2.29. The quantitative estimate of drug-likeness (QED) is 0.844. The maximum Gasteiger partial charge on any atom is 0.214 e. The monoisotopic (exact) mass is 229 g/mol. The van der Waals surface area contributed by atoms with E-state index in [1.54, 1.807) is 7.11 Å². The van der Waals surface area contributed by atoms with Crippen molar-refractivity contribution in [3.8, 4) is 5.88 Å². The molecule has 0 aliphatic carbocycles.